The van der Waals surface area contributed by atoms with E-state index in [1.54, 1.807) is 0 Å². The minimum Gasteiger partial charge on any atom is -0.477 e. The summed E-state index contributed by atoms with van der Waals surface area (Å²) in [5, 5.41) is 9.74. The van der Waals surface area contributed by atoms with Crippen LogP contribution >= 0.6 is 0 Å². The molecule has 0 aliphatic heterocycles. The van der Waals surface area contributed by atoms with Crippen molar-refractivity contribution in [3.8, 4) is 0 Å². The summed E-state index contributed by atoms with van der Waals surface area (Å²) >= 11 is 0. The second-order valence-electron chi connectivity index (χ2n) is 25.2. The molecule has 2 atom stereocenters. The van der Waals surface area contributed by atoms with Crippen LogP contribution in [-0.4, -0.2) is 87.4 Å². The highest BCUT2D eigenvalue weighted by Gasteiger charge is 2.25. The maximum absolute atomic E-state index is 12.9. The summed E-state index contributed by atoms with van der Waals surface area (Å²) in [6.07, 6.45) is 82.0. The third kappa shape index (κ3) is 66.4. The van der Waals surface area contributed by atoms with Gasteiger partial charge < -0.3 is 28.5 Å². The highest BCUT2D eigenvalue weighted by molar-refractivity contribution is 5.71. The predicted molar refractivity (Wildman–Crippen MR) is 355 cm³/mol. The highest BCUT2D eigenvalue weighted by atomic mass is 16.7. The molecular weight excluding hydrogens is 1030 g/mol. The lowest BCUT2D eigenvalue weighted by Crippen LogP contribution is -2.40. The first kappa shape index (κ1) is 80.0. The molecule has 0 aliphatic carbocycles. The van der Waals surface area contributed by atoms with Crippen molar-refractivity contribution in [2.24, 2.45) is 0 Å². The van der Waals surface area contributed by atoms with E-state index in [4.69, 9.17) is 18.9 Å². The Bertz CT molecular complexity index is 1550. The number of ether oxygens (including phenoxy) is 4. The van der Waals surface area contributed by atoms with Crippen LogP contribution in [0.1, 0.15) is 335 Å². The molecule has 0 heterocycles. The van der Waals surface area contributed by atoms with E-state index in [0.29, 0.717) is 23.9 Å². The molecule has 0 aromatic rings. The fourth-order valence-electron chi connectivity index (χ4n) is 10.3. The van der Waals surface area contributed by atoms with Crippen molar-refractivity contribution < 1.29 is 42.9 Å². The number of carbonyl (C=O) groups is 3. The maximum Gasteiger partial charge on any atom is 0.361 e. The Kier molecular flexibility index (Phi) is 62.6. The van der Waals surface area contributed by atoms with Crippen molar-refractivity contribution in [3.05, 3.63) is 60.8 Å². The number of rotatable bonds is 66. The number of hydrogen-bond donors (Lipinski definition) is 1. The second kappa shape index (κ2) is 65.0. The molecule has 484 valence electrons. The van der Waals surface area contributed by atoms with Gasteiger partial charge in [-0.3, -0.25) is 9.59 Å². The zero-order valence-corrected chi connectivity index (χ0v) is 55.4. The molecule has 0 bridgehead atoms. The lowest BCUT2D eigenvalue weighted by atomic mass is 10.0. The fraction of sp³-hybridized carbons (Fsp3) is 0.824. The van der Waals surface area contributed by atoms with Gasteiger partial charge in [0.05, 0.1) is 34.4 Å². The molecule has 0 saturated heterocycles. The van der Waals surface area contributed by atoms with E-state index in [1.165, 1.54) is 238 Å². The Morgan fingerprint density at radius 3 is 0.964 bits per heavy atom. The minimum absolute atomic E-state index is 0.183. The molecule has 0 aromatic heterocycles. The number of carboxylic acids is 1. The van der Waals surface area contributed by atoms with Crippen LogP contribution in [0.5, 0.6) is 0 Å². The van der Waals surface area contributed by atoms with Crippen LogP contribution in [0.2, 0.25) is 0 Å². The van der Waals surface area contributed by atoms with Gasteiger partial charge in [0.15, 0.2) is 6.10 Å². The smallest absolute Gasteiger partial charge is 0.361 e. The summed E-state index contributed by atoms with van der Waals surface area (Å²) < 4.78 is 23.0. The van der Waals surface area contributed by atoms with Crippen molar-refractivity contribution >= 4 is 17.9 Å². The first-order chi connectivity index (χ1) is 40.6. The molecule has 0 spiro atoms. The largest absolute Gasteiger partial charge is 0.477 e. The number of nitrogens with zero attached hydrogens (tertiary/aromatic N) is 1. The topological polar surface area (TPSA) is 108 Å². The summed E-state index contributed by atoms with van der Waals surface area (Å²) in [7, 11) is 5.98. The molecule has 9 nitrogen and oxygen atoms in total. The highest BCUT2D eigenvalue weighted by Crippen LogP contribution is 2.18. The number of quaternary nitrogens is 1. The predicted octanol–water partition coefficient (Wildman–Crippen LogP) is 21.9. The van der Waals surface area contributed by atoms with Gasteiger partial charge in [0.2, 0.25) is 0 Å². The van der Waals surface area contributed by atoms with E-state index in [0.717, 1.165) is 64.2 Å². The average molecular weight is 1170 g/mol. The Morgan fingerprint density at radius 2 is 0.651 bits per heavy atom. The standard InChI is InChI=1S/C74H135NO8/c1-6-8-10-12-14-16-18-20-22-24-26-28-30-31-32-33-34-35-36-37-38-39-40-41-43-44-46-48-50-52-54-56-58-60-62-64-71(76)81-68-70(69-82-74(73(78)79)80-67-66-75(3,4)5)83-72(77)65-63-61-59-57-55-53-51-49-47-45-42-29-27-25-23-21-19-17-15-13-11-9-7-2/h18-21,24-27,42,45,70,74H,6-17,22-23,28-41,43-44,46-69H2,1-5H3/p+1/b20-18-,21-19-,26-24-,27-25-,45-42-. The van der Waals surface area contributed by atoms with E-state index in [2.05, 4.69) is 74.6 Å². The Hall–Kier alpha value is -3.01. The van der Waals surface area contributed by atoms with E-state index in [1.807, 2.05) is 21.1 Å². The lowest BCUT2D eigenvalue weighted by molar-refractivity contribution is -0.870. The third-order valence-corrected chi connectivity index (χ3v) is 15.7. The molecule has 0 aliphatic rings. The summed E-state index contributed by atoms with van der Waals surface area (Å²) in [5.74, 6) is -2.00. The number of unbranched alkanes of at least 4 members (excludes halogenated alkanes) is 41. The van der Waals surface area contributed by atoms with Crippen LogP contribution in [0.25, 0.3) is 0 Å². The molecule has 2 unspecified atom stereocenters. The minimum atomic E-state index is -1.51. The van der Waals surface area contributed by atoms with Crippen molar-refractivity contribution in [2.45, 2.75) is 347 Å². The van der Waals surface area contributed by atoms with Crippen LogP contribution in [-0.2, 0) is 33.3 Å². The fourth-order valence-corrected chi connectivity index (χ4v) is 10.3. The molecule has 0 rings (SSSR count). The van der Waals surface area contributed by atoms with Gasteiger partial charge in [-0.1, -0.05) is 299 Å². The lowest BCUT2D eigenvalue weighted by Gasteiger charge is -2.25. The molecule has 0 amide bonds. The second-order valence-corrected chi connectivity index (χ2v) is 25.2. The Labute approximate surface area is 514 Å². The maximum atomic E-state index is 12.9. The zero-order valence-electron chi connectivity index (χ0n) is 55.4. The van der Waals surface area contributed by atoms with E-state index in [-0.39, 0.29) is 32.2 Å². The van der Waals surface area contributed by atoms with E-state index < -0.39 is 24.3 Å². The van der Waals surface area contributed by atoms with Crippen molar-refractivity contribution in [3.63, 3.8) is 0 Å². The van der Waals surface area contributed by atoms with Gasteiger partial charge in [0.1, 0.15) is 13.2 Å². The van der Waals surface area contributed by atoms with Crippen molar-refractivity contribution in [1.82, 2.24) is 0 Å². The van der Waals surface area contributed by atoms with Crippen LogP contribution in [0.15, 0.2) is 60.8 Å². The number of carboxylic acid groups (broad SMARTS) is 1. The van der Waals surface area contributed by atoms with E-state index >= 15 is 0 Å². The molecule has 0 fully saturated rings. The number of likely N-dealkylation sites (N-methyl/N-ethyl adjacent to an activating group) is 1. The number of hydrogen-bond acceptors (Lipinski definition) is 7. The summed E-state index contributed by atoms with van der Waals surface area (Å²) in [6, 6.07) is 0. The van der Waals surface area contributed by atoms with Crippen molar-refractivity contribution in [1.29, 1.82) is 0 Å². The van der Waals surface area contributed by atoms with Gasteiger partial charge in [0, 0.05) is 12.8 Å². The summed E-state index contributed by atoms with van der Waals surface area (Å²) in [4.78, 5) is 37.6. The van der Waals surface area contributed by atoms with Crippen LogP contribution in [0.4, 0.5) is 0 Å². The van der Waals surface area contributed by atoms with Gasteiger partial charge in [-0.15, -0.1) is 0 Å². The van der Waals surface area contributed by atoms with Crippen LogP contribution < -0.4 is 0 Å². The molecule has 9 heteroatoms. The Morgan fingerprint density at radius 1 is 0.361 bits per heavy atom. The first-order valence-electron chi connectivity index (χ1n) is 35.5. The van der Waals surface area contributed by atoms with Gasteiger partial charge >= 0.3 is 17.9 Å². The third-order valence-electron chi connectivity index (χ3n) is 15.7. The van der Waals surface area contributed by atoms with E-state index in [9.17, 15) is 19.5 Å². The number of carbonyl (C=O) groups excluding carboxylic acids is 2. The van der Waals surface area contributed by atoms with Gasteiger partial charge in [-0.25, -0.2) is 4.79 Å². The molecule has 0 aromatic carbocycles. The van der Waals surface area contributed by atoms with Gasteiger partial charge in [-0.2, -0.15) is 0 Å². The molecule has 0 radical (unpaired) electrons. The van der Waals surface area contributed by atoms with Gasteiger partial charge in [0.25, 0.3) is 6.29 Å². The summed E-state index contributed by atoms with van der Waals surface area (Å²) in [5.41, 5.74) is 0. The SMILES string of the molecule is CCCCCCC/C=C\C/C=C\C/C=C\CCCCCCCCCCC(=O)OC(COC(=O)CCCCCCCCCCCCCCCCCCCCCCCCC/C=C\C/C=C\CCCCCCC)COC(OCC[N+](C)(C)C)C(=O)O. The normalized spacial score (nSPS) is 13.0. The zero-order chi connectivity index (χ0) is 60.5. The molecule has 1 N–H and O–H groups in total. The van der Waals surface area contributed by atoms with Crippen LogP contribution in [0, 0.1) is 0 Å². The molecular formula is C74H136NO8+. The number of aliphatic carboxylic acids is 1. The monoisotopic (exact) mass is 1170 g/mol. The van der Waals surface area contributed by atoms with Crippen LogP contribution in [0.3, 0.4) is 0 Å². The Balaban J connectivity index is 4.05. The van der Waals surface area contributed by atoms with Gasteiger partial charge in [-0.05, 0) is 83.5 Å². The number of allylic oxidation sites excluding steroid dienone is 10. The summed E-state index contributed by atoms with van der Waals surface area (Å²) in [6.45, 7) is 4.89. The molecule has 0 saturated carbocycles. The molecule has 83 heavy (non-hydrogen) atoms. The first-order valence-corrected chi connectivity index (χ1v) is 35.5. The van der Waals surface area contributed by atoms with Crippen molar-refractivity contribution in [2.75, 3.05) is 47.5 Å². The number of esters is 2. The average Bonchev–Trinajstić information content (AvgIpc) is 3.46. The quantitative estimate of drug-likeness (QED) is 0.0211.